The van der Waals surface area contributed by atoms with Gasteiger partial charge < -0.3 is 20.1 Å². The summed E-state index contributed by atoms with van der Waals surface area (Å²) in [4.78, 5) is 14.7. The molecule has 2 unspecified atom stereocenters. The van der Waals surface area contributed by atoms with Gasteiger partial charge in [-0.3, -0.25) is 4.79 Å². The normalized spacial score (nSPS) is 26.5. The van der Waals surface area contributed by atoms with E-state index in [1.165, 1.54) is 12.1 Å². The molecule has 1 aromatic rings. The number of nitrogens with zero attached hydrogens (tertiary/aromatic N) is 1. The lowest BCUT2D eigenvalue weighted by atomic mass is 9.89. The van der Waals surface area contributed by atoms with E-state index in [1.807, 2.05) is 6.92 Å². The van der Waals surface area contributed by atoms with Crippen LogP contribution in [0.5, 0.6) is 0 Å². The second-order valence-electron chi connectivity index (χ2n) is 6.47. The van der Waals surface area contributed by atoms with Crippen LogP contribution in [0.25, 0.3) is 0 Å². The van der Waals surface area contributed by atoms with Crippen LogP contribution in [0.2, 0.25) is 0 Å². The largest absolute Gasteiger partial charge is 0.381 e. The fraction of sp³-hybridized carbons (Fsp3) is 0.588. The minimum Gasteiger partial charge on any atom is -0.381 e. The molecule has 0 aliphatic carbocycles. The Morgan fingerprint density at radius 2 is 1.88 bits per heavy atom. The highest BCUT2D eigenvalue weighted by Gasteiger charge is 2.41. The van der Waals surface area contributed by atoms with Crippen molar-refractivity contribution in [3.8, 4) is 0 Å². The van der Waals surface area contributed by atoms with Gasteiger partial charge in [-0.05, 0) is 37.5 Å². The van der Waals surface area contributed by atoms with Crippen LogP contribution in [0.3, 0.4) is 0 Å². The maximum Gasteiger partial charge on any atom is 0.243 e. The van der Waals surface area contributed by atoms with Gasteiger partial charge in [-0.1, -0.05) is 12.1 Å². The first-order chi connectivity index (χ1) is 11.0. The number of ether oxygens (including phenoxy) is 2. The molecular formula is C17H24ClFN2O3. The van der Waals surface area contributed by atoms with Crippen molar-refractivity contribution >= 4 is 18.3 Å². The summed E-state index contributed by atoms with van der Waals surface area (Å²) in [6.07, 6.45) is 0.732. The average molecular weight is 359 g/mol. The van der Waals surface area contributed by atoms with E-state index in [1.54, 1.807) is 17.0 Å². The Morgan fingerprint density at radius 1 is 1.25 bits per heavy atom. The molecule has 2 atom stereocenters. The van der Waals surface area contributed by atoms with Crippen molar-refractivity contribution in [2.75, 3.05) is 26.3 Å². The number of carbonyl (C=O) groups is 1. The Hall–Kier alpha value is -1.21. The Morgan fingerprint density at radius 3 is 2.50 bits per heavy atom. The number of benzene rings is 1. The van der Waals surface area contributed by atoms with Gasteiger partial charge in [0.2, 0.25) is 5.91 Å². The number of amides is 1. The molecule has 2 heterocycles. The van der Waals surface area contributed by atoms with Crippen LogP contribution < -0.4 is 5.73 Å². The predicted molar refractivity (Wildman–Crippen MR) is 90.5 cm³/mol. The summed E-state index contributed by atoms with van der Waals surface area (Å²) in [5.41, 5.74) is 6.35. The molecule has 1 aromatic carbocycles. The molecule has 0 spiro atoms. The van der Waals surface area contributed by atoms with Crippen LogP contribution in [-0.2, 0) is 14.3 Å². The second kappa shape index (κ2) is 7.78. The van der Waals surface area contributed by atoms with E-state index < -0.39 is 5.54 Å². The van der Waals surface area contributed by atoms with Crippen LogP contribution in [0.1, 0.15) is 31.4 Å². The van der Waals surface area contributed by atoms with E-state index in [4.69, 9.17) is 15.2 Å². The number of rotatable bonds is 2. The molecule has 2 N–H and O–H groups in total. The van der Waals surface area contributed by atoms with Crippen LogP contribution in [0, 0.1) is 5.82 Å². The number of carbonyl (C=O) groups excluding carboxylic acids is 1. The number of halogens is 2. The summed E-state index contributed by atoms with van der Waals surface area (Å²) in [7, 11) is 0. The maximum atomic E-state index is 13.1. The molecule has 0 saturated carbocycles. The van der Waals surface area contributed by atoms with E-state index in [0.717, 1.165) is 5.56 Å². The van der Waals surface area contributed by atoms with Crippen molar-refractivity contribution in [1.29, 1.82) is 0 Å². The zero-order valence-electron chi connectivity index (χ0n) is 13.7. The smallest absolute Gasteiger partial charge is 0.243 e. The van der Waals surface area contributed by atoms with Crippen molar-refractivity contribution in [3.05, 3.63) is 35.6 Å². The summed E-state index contributed by atoms with van der Waals surface area (Å²) < 4.78 is 24.3. The molecule has 134 valence electrons. The quantitative estimate of drug-likeness (QED) is 0.878. The molecule has 1 amide bonds. The third kappa shape index (κ3) is 4.06. The molecule has 24 heavy (non-hydrogen) atoms. The molecule has 2 aliphatic rings. The zero-order chi connectivity index (χ0) is 16.4. The summed E-state index contributed by atoms with van der Waals surface area (Å²) in [6.45, 7) is 3.93. The third-order valence-electron chi connectivity index (χ3n) is 4.60. The Balaban J connectivity index is 0.00000208. The van der Waals surface area contributed by atoms with Gasteiger partial charge in [0.05, 0.1) is 18.2 Å². The summed E-state index contributed by atoms with van der Waals surface area (Å²) >= 11 is 0. The van der Waals surface area contributed by atoms with Crippen molar-refractivity contribution in [2.45, 2.75) is 37.5 Å². The lowest BCUT2D eigenvalue weighted by molar-refractivity contribution is -0.153. The topological polar surface area (TPSA) is 64.8 Å². The average Bonchev–Trinajstić information content (AvgIpc) is 2.55. The molecule has 2 aliphatic heterocycles. The first-order valence-electron chi connectivity index (χ1n) is 8.05. The molecule has 0 aromatic heterocycles. The number of nitrogens with two attached hydrogens (primary N) is 1. The van der Waals surface area contributed by atoms with E-state index in [0.29, 0.717) is 39.1 Å². The molecule has 3 rings (SSSR count). The monoisotopic (exact) mass is 358 g/mol. The summed E-state index contributed by atoms with van der Waals surface area (Å²) in [5, 5.41) is 0. The molecule has 2 saturated heterocycles. The van der Waals surface area contributed by atoms with Crippen LogP contribution in [0.15, 0.2) is 24.3 Å². The van der Waals surface area contributed by atoms with Gasteiger partial charge in [-0.2, -0.15) is 0 Å². The van der Waals surface area contributed by atoms with Crippen LogP contribution in [0.4, 0.5) is 4.39 Å². The first kappa shape index (κ1) is 19.1. The predicted octanol–water partition coefficient (Wildman–Crippen LogP) is 2.04. The molecular weight excluding hydrogens is 335 g/mol. The number of morpholine rings is 1. The van der Waals surface area contributed by atoms with Crippen molar-refractivity contribution in [2.24, 2.45) is 5.73 Å². The Bertz CT molecular complexity index is 563. The highest BCUT2D eigenvalue weighted by molar-refractivity contribution is 5.86. The fourth-order valence-corrected chi connectivity index (χ4v) is 3.24. The lowest BCUT2D eigenvalue weighted by Gasteiger charge is -2.42. The molecule has 0 bridgehead atoms. The molecule has 7 heteroatoms. The van der Waals surface area contributed by atoms with Gasteiger partial charge in [-0.15, -0.1) is 12.4 Å². The van der Waals surface area contributed by atoms with Gasteiger partial charge >= 0.3 is 0 Å². The highest BCUT2D eigenvalue weighted by Crippen LogP contribution is 2.28. The van der Waals surface area contributed by atoms with E-state index >= 15 is 0 Å². The molecule has 5 nitrogen and oxygen atoms in total. The minimum atomic E-state index is -0.845. The van der Waals surface area contributed by atoms with Crippen molar-refractivity contribution in [1.82, 2.24) is 4.90 Å². The van der Waals surface area contributed by atoms with Crippen molar-refractivity contribution in [3.63, 3.8) is 0 Å². The number of hydrogen-bond acceptors (Lipinski definition) is 4. The third-order valence-corrected chi connectivity index (χ3v) is 4.60. The fourth-order valence-electron chi connectivity index (χ4n) is 3.24. The minimum absolute atomic E-state index is 0. The van der Waals surface area contributed by atoms with Crippen LogP contribution in [-0.4, -0.2) is 48.8 Å². The summed E-state index contributed by atoms with van der Waals surface area (Å²) in [5.74, 6) is -0.322. The van der Waals surface area contributed by atoms with Crippen molar-refractivity contribution < 1.29 is 18.7 Å². The zero-order valence-corrected chi connectivity index (χ0v) is 14.6. The highest BCUT2D eigenvalue weighted by atomic mass is 35.5. The standard InChI is InChI=1S/C17H23FN2O3.ClH/c1-12-10-20(16(21)17(19)6-8-22-9-7-17)11-15(23-12)13-2-4-14(18)5-3-13;/h2-5,12,15H,6-11,19H2,1H3;1H. The first-order valence-corrected chi connectivity index (χ1v) is 8.05. The van der Waals surface area contributed by atoms with Gasteiger partial charge in [0, 0.05) is 19.8 Å². The van der Waals surface area contributed by atoms with E-state index in [9.17, 15) is 9.18 Å². The Kier molecular flexibility index (Phi) is 6.20. The maximum absolute atomic E-state index is 13.1. The van der Waals surface area contributed by atoms with Gasteiger partial charge in [-0.25, -0.2) is 4.39 Å². The van der Waals surface area contributed by atoms with E-state index in [2.05, 4.69) is 0 Å². The van der Waals surface area contributed by atoms with E-state index in [-0.39, 0.29) is 36.3 Å². The second-order valence-corrected chi connectivity index (χ2v) is 6.47. The molecule has 2 fully saturated rings. The van der Waals surface area contributed by atoms with Crippen LogP contribution >= 0.6 is 12.4 Å². The Labute approximate surface area is 147 Å². The van der Waals surface area contributed by atoms with Gasteiger partial charge in [0.25, 0.3) is 0 Å². The summed E-state index contributed by atoms with van der Waals surface area (Å²) in [6, 6.07) is 6.22. The SMILES string of the molecule is CC1CN(C(=O)C2(N)CCOCC2)CC(c2ccc(F)cc2)O1.Cl. The lowest BCUT2D eigenvalue weighted by Crippen LogP contribution is -2.60. The number of hydrogen-bond donors (Lipinski definition) is 1. The van der Waals surface area contributed by atoms with Gasteiger partial charge in [0.1, 0.15) is 11.9 Å². The molecule has 0 radical (unpaired) electrons. The van der Waals surface area contributed by atoms with Gasteiger partial charge in [0.15, 0.2) is 0 Å².